The number of thiol groups is 2. The number of carboxylic acid groups (broad SMARTS) is 3. The van der Waals surface area contributed by atoms with E-state index in [-0.39, 0.29) is 48.8 Å². The number of carbonyl (C=O) groups excluding carboxylic acids is 2. The van der Waals surface area contributed by atoms with E-state index >= 15 is 0 Å². The van der Waals surface area contributed by atoms with Gasteiger partial charge < -0.3 is 49.4 Å². The lowest BCUT2D eigenvalue weighted by atomic mass is 10.1. The van der Waals surface area contributed by atoms with Crippen molar-refractivity contribution in [2.24, 2.45) is 0 Å². The van der Waals surface area contributed by atoms with Crippen LogP contribution in [0.3, 0.4) is 0 Å². The fourth-order valence-electron chi connectivity index (χ4n) is 5.05. The minimum Gasteiger partial charge on any atom is -0.497 e. The lowest BCUT2D eigenvalue weighted by Crippen LogP contribution is -2.29. The number of ether oxygens (including phenoxy) is 4. The quantitative estimate of drug-likeness (QED) is 0.0405. The SMILES string of the molecule is C.C.CC(C)=CC(=O)O.CN(C)C(=O)CC(C)(C)S.CNC.COc1ccc(CS)cc1.COc1ccc(CSC(C)(C)CC(=O)N(C)C)cc1.COc1ccc(CSC(C)(C)CC(=O)O)cc1.COc1ccccc1.O=C(O)C(F)(F)F.[3HH].[3H][3H].[3H][3H].[3H][3H].[3H][3H].[3H][3H].[3H][3H].[3H][3H]. The number of hydrogen-bond donors (Lipinski definition) is 6. The highest BCUT2D eigenvalue weighted by Crippen LogP contribution is 2.33. The van der Waals surface area contributed by atoms with Gasteiger partial charge in [-0.2, -0.15) is 62.0 Å². The number of aliphatic carboxylic acids is 3. The Kier molecular flexibility index (Phi) is 43.1. The number of methoxy groups -OCH3 is 4. The number of nitrogens with zero attached hydrogens (tertiary/aromatic N) is 2. The molecule has 0 atom stereocenters. The average molecular weight is 1300 g/mol. The molecule has 0 aliphatic carbocycles. The summed E-state index contributed by atoms with van der Waals surface area (Å²) in [6.07, 6.45) is -2.70. The van der Waals surface area contributed by atoms with Crippen LogP contribution in [0.5, 0.6) is 23.0 Å². The Hall–Kier alpha value is -5.68. The fourth-order valence-corrected chi connectivity index (χ4v) is 7.35. The third-order valence-electron chi connectivity index (χ3n) is 9.29. The van der Waals surface area contributed by atoms with Crippen LogP contribution in [-0.4, -0.2) is 146 Å². The Labute approximate surface area is 537 Å². The Balaban J connectivity index is -0.0000000687. The van der Waals surface area contributed by atoms with Crippen molar-refractivity contribution in [1.82, 2.24) is 15.1 Å². The normalized spacial score (nSPS) is 10.7. The zero-order valence-corrected chi connectivity index (χ0v) is 53.8. The molecule has 2 amide bonds. The van der Waals surface area contributed by atoms with Crippen LogP contribution < -0.4 is 24.3 Å². The van der Waals surface area contributed by atoms with Crippen molar-refractivity contribution in [3.8, 4) is 23.0 Å². The number of benzene rings is 4. The minimum absolute atomic E-state index is 0. The number of halogens is 3. The smallest absolute Gasteiger partial charge is 0.490 e. The van der Waals surface area contributed by atoms with Gasteiger partial charge in [-0.15, -0.1) is 0 Å². The van der Waals surface area contributed by atoms with Crippen LogP contribution in [-0.2, 0) is 41.2 Å². The van der Waals surface area contributed by atoms with Crippen LogP contribution >= 0.6 is 48.8 Å². The molecular weight excluding hydrogens is 1150 g/mol. The first kappa shape index (κ1) is 73.4. The van der Waals surface area contributed by atoms with Crippen LogP contribution in [0.15, 0.2) is 115 Å². The van der Waals surface area contributed by atoms with Gasteiger partial charge in [0.15, 0.2) is 0 Å². The molecule has 22 heteroatoms. The Bertz CT molecular complexity index is 2390. The summed E-state index contributed by atoms with van der Waals surface area (Å²) in [6.45, 7) is 15.5. The van der Waals surface area contributed by atoms with Crippen molar-refractivity contribution in [2.45, 2.75) is 127 Å². The summed E-state index contributed by atoms with van der Waals surface area (Å²) in [5.41, 5.74) is 4.45. The van der Waals surface area contributed by atoms with Crippen LogP contribution in [0.4, 0.5) is 13.2 Å². The fraction of sp³-hybridized carbons (Fsp3) is 0.492. The summed E-state index contributed by atoms with van der Waals surface area (Å²) in [4.78, 5) is 55.3. The van der Waals surface area contributed by atoms with Gasteiger partial charge in [-0.25, -0.2) is 9.59 Å². The van der Waals surface area contributed by atoms with E-state index in [1.54, 1.807) is 104 Å². The van der Waals surface area contributed by atoms with Gasteiger partial charge in [0, 0.05) is 101 Å². The lowest BCUT2D eigenvalue weighted by Gasteiger charge is -2.25. The first-order valence-corrected chi connectivity index (χ1v) is 27.9. The highest BCUT2D eigenvalue weighted by Gasteiger charge is 2.38. The number of carboxylic acids is 3. The number of para-hydroxylation sites is 1. The molecule has 0 aromatic heterocycles. The zero-order valence-electron chi connectivity index (χ0n) is 64.4. The van der Waals surface area contributed by atoms with Crippen molar-refractivity contribution < 1.29 is 93.6 Å². The number of hydrogen-bond acceptors (Lipinski definition) is 14. The molecule has 0 radical (unpaired) electrons. The summed E-state index contributed by atoms with van der Waals surface area (Å²) in [7, 11) is 17.5. The third kappa shape index (κ3) is 55.3. The maximum Gasteiger partial charge on any atom is 0.490 e. The van der Waals surface area contributed by atoms with E-state index in [4.69, 9.17) is 59.8 Å². The van der Waals surface area contributed by atoms with Crippen LogP contribution in [0.2, 0.25) is 0 Å². The van der Waals surface area contributed by atoms with Crippen LogP contribution in [0, 0.1) is 0 Å². The molecule has 490 valence electrons. The molecule has 4 N–H and O–H groups in total. The number of rotatable bonds is 18. The number of amides is 2. The Morgan fingerprint density at radius 1 is 0.578 bits per heavy atom. The number of allylic oxidation sites excluding steroid dienone is 1. The summed E-state index contributed by atoms with van der Waals surface area (Å²) in [5.74, 6) is 1.92. The molecule has 0 bridgehead atoms. The van der Waals surface area contributed by atoms with E-state index in [1.165, 1.54) is 22.8 Å². The maximum absolute atomic E-state index is 11.7. The van der Waals surface area contributed by atoms with Gasteiger partial charge in [-0.05, 0) is 93.2 Å². The van der Waals surface area contributed by atoms with E-state index < -0.39 is 24.1 Å². The predicted octanol–water partition coefficient (Wildman–Crippen LogP) is 16.1. The van der Waals surface area contributed by atoms with Crippen molar-refractivity contribution in [1.29, 1.82) is 0 Å². The highest BCUT2D eigenvalue weighted by molar-refractivity contribution is 8.00. The number of alkyl halides is 3. The highest BCUT2D eigenvalue weighted by atomic mass is 32.2. The van der Waals surface area contributed by atoms with E-state index in [2.05, 4.69) is 56.6 Å². The Morgan fingerprint density at radius 3 is 1.07 bits per heavy atom. The van der Waals surface area contributed by atoms with Crippen molar-refractivity contribution in [3.05, 3.63) is 131 Å². The third-order valence-corrected chi connectivity index (χ3v) is 12.6. The summed E-state index contributed by atoms with van der Waals surface area (Å²) in [5, 5.41) is 26.7. The van der Waals surface area contributed by atoms with E-state index in [9.17, 15) is 32.3 Å². The molecule has 4 rings (SSSR count). The molecule has 83 heavy (non-hydrogen) atoms. The van der Waals surface area contributed by atoms with E-state index in [1.807, 2.05) is 133 Å². The second-order valence-corrected chi connectivity index (χ2v) is 24.4. The molecule has 0 aliphatic heterocycles. The van der Waals surface area contributed by atoms with Crippen molar-refractivity contribution in [2.75, 3.05) is 70.7 Å². The summed E-state index contributed by atoms with van der Waals surface area (Å²) >= 11 is 11.8. The Morgan fingerprint density at radius 2 is 0.867 bits per heavy atom. The molecular formula is C61H114F3N3O12S4. The van der Waals surface area contributed by atoms with Gasteiger partial charge >= 0.3 is 24.1 Å². The second kappa shape index (κ2) is 48.7. The van der Waals surface area contributed by atoms with E-state index in [0.29, 0.717) is 12.8 Å². The average Bonchev–Trinajstić information content (AvgIpc) is 1.04. The predicted molar refractivity (Wildman–Crippen MR) is 363 cm³/mol. The monoisotopic (exact) mass is 1300 g/mol. The minimum atomic E-state index is -5.08. The number of nitrogens with one attached hydrogen (secondary N) is 1. The molecule has 0 aliphatic rings. The zero-order chi connectivity index (χ0) is 77.6. The molecule has 0 spiro atoms. The number of thioether (sulfide) groups is 2. The molecule has 0 saturated carbocycles. The molecule has 0 heterocycles. The summed E-state index contributed by atoms with van der Waals surface area (Å²) < 4.78 is 121. The van der Waals surface area contributed by atoms with Gasteiger partial charge in [0.05, 0.1) is 34.9 Å². The van der Waals surface area contributed by atoms with Gasteiger partial charge in [-0.3, -0.25) is 14.4 Å². The summed E-state index contributed by atoms with van der Waals surface area (Å²) in [6, 6.07) is 33.5. The van der Waals surface area contributed by atoms with Gasteiger partial charge in [0.2, 0.25) is 11.8 Å². The number of carbonyl (C=O) groups is 5. The lowest BCUT2D eigenvalue weighted by molar-refractivity contribution is -0.192. The maximum atomic E-state index is 11.7. The van der Waals surface area contributed by atoms with E-state index in [0.717, 1.165) is 45.8 Å². The molecule has 0 saturated heterocycles. The van der Waals surface area contributed by atoms with Crippen LogP contribution in [0.1, 0.15) is 128 Å². The molecule has 15 nitrogen and oxygen atoms in total. The van der Waals surface area contributed by atoms with Crippen molar-refractivity contribution >= 4 is 78.5 Å². The molecule has 0 unspecified atom stereocenters. The van der Waals surface area contributed by atoms with Gasteiger partial charge in [-0.1, -0.05) is 117 Å². The molecule has 4 aromatic rings. The molecule has 4 aromatic carbocycles. The topological polar surface area (TPSA) is 201 Å². The first-order chi connectivity index (χ1) is 44.4. The largest absolute Gasteiger partial charge is 0.497 e. The first-order valence-electron chi connectivity index (χ1n) is 31.9. The molecule has 0 fully saturated rings. The standard InChI is InChI=1S/C15H23NO2S.C13H18O3S.C8H10OS.C7H15NOS.C7H8O.C5H8O2.C2HF3O2.C2H7N.2CH4.8H2/c1-15(2,10-14(17)16(3)4)19-11-12-6-8-13(18-5)9-7-12;1-13(2,8-12(14)15)17-9-10-4-6-11(16-3)7-5-10;1-9-8-4-2-7(6-10)3-5-8;1-7(2,10)5-6(9)8(3)4;1-8-7-5-3-2-4-6-7;1-4(2)3-5(6)7;3-2(4,5)1(6)7;1-3-2;;;;;;;;;;/h6-9H,10-11H2,1-5H3;4-7H,8-9H2,1-3H3,(H,14,15);2-5,10H,6H2,1H3;10H,5H2,1-4H3;2-6H,1H3;3H,1-2H3,(H,6,7);(H,6,7);3H,1-2H3;2*1H4;8*1H/i;;;;;;;;;;7*1+2T;1+2. The van der Waals surface area contributed by atoms with Gasteiger partial charge in [0.25, 0.3) is 0 Å². The van der Waals surface area contributed by atoms with Crippen molar-refractivity contribution in [3.63, 3.8) is 0 Å². The van der Waals surface area contributed by atoms with Crippen LogP contribution in [0.25, 0.3) is 0 Å². The second-order valence-electron chi connectivity index (χ2n) is 19.5. The van der Waals surface area contributed by atoms with Gasteiger partial charge in [0.1, 0.15) is 23.0 Å².